The fraction of sp³-hybridized carbons (Fsp3) is 0.500. The average molecular weight is 277 g/mol. The maximum Gasteiger partial charge on any atom is 0.408 e. The van der Waals surface area contributed by atoms with E-state index in [0.717, 1.165) is 5.56 Å². The number of ketones is 1. The number of carbonyl (C=O) groups is 2. The van der Waals surface area contributed by atoms with E-state index in [1.807, 2.05) is 44.2 Å². The number of nitrogens with one attached hydrogen (secondary N) is 1. The van der Waals surface area contributed by atoms with Crippen LogP contribution in [0.2, 0.25) is 0 Å². The van der Waals surface area contributed by atoms with Crippen molar-refractivity contribution in [2.45, 2.75) is 46.3 Å². The summed E-state index contributed by atoms with van der Waals surface area (Å²) in [5.74, 6) is 0.375. The minimum absolute atomic E-state index is 0.0374. The van der Waals surface area contributed by atoms with Crippen molar-refractivity contribution < 1.29 is 14.3 Å². The monoisotopic (exact) mass is 277 g/mol. The number of Topliss-reactive ketones (excluding diaryl/α,β-unsaturated/α-hetero) is 1. The highest BCUT2D eigenvalue weighted by Crippen LogP contribution is 2.08. The first-order valence-electron chi connectivity index (χ1n) is 7.02. The normalized spacial score (nSPS) is 12.0. The predicted molar refractivity (Wildman–Crippen MR) is 78.3 cm³/mol. The Hall–Kier alpha value is -1.84. The van der Waals surface area contributed by atoms with Crippen molar-refractivity contribution in [2.75, 3.05) is 0 Å². The van der Waals surface area contributed by atoms with Crippen molar-refractivity contribution >= 4 is 11.9 Å². The SMILES string of the molecule is CCC(=O)C(CC(C)C)NC(=O)OCc1ccccc1. The number of ether oxygens (including phenoxy) is 1. The van der Waals surface area contributed by atoms with Crippen LogP contribution in [0.4, 0.5) is 4.79 Å². The van der Waals surface area contributed by atoms with Gasteiger partial charge >= 0.3 is 6.09 Å². The van der Waals surface area contributed by atoms with E-state index in [0.29, 0.717) is 18.8 Å². The summed E-state index contributed by atoms with van der Waals surface area (Å²) in [6, 6.07) is 8.99. The zero-order valence-corrected chi connectivity index (χ0v) is 12.4. The Morgan fingerprint density at radius 1 is 1.20 bits per heavy atom. The van der Waals surface area contributed by atoms with Crippen LogP contribution in [0.15, 0.2) is 30.3 Å². The summed E-state index contributed by atoms with van der Waals surface area (Å²) in [5.41, 5.74) is 0.921. The van der Waals surface area contributed by atoms with E-state index in [1.165, 1.54) is 0 Å². The molecular weight excluding hydrogens is 254 g/mol. The van der Waals surface area contributed by atoms with Gasteiger partial charge in [-0.15, -0.1) is 0 Å². The molecule has 0 saturated heterocycles. The largest absolute Gasteiger partial charge is 0.445 e. The van der Waals surface area contributed by atoms with Gasteiger partial charge in [0.2, 0.25) is 0 Å². The second kappa shape index (κ2) is 8.35. The van der Waals surface area contributed by atoms with Gasteiger partial charge in [0.25, 0.3) is 0 Å². The van der Waals surface area contributed by atoms with Crippen LogP contribution >= 0.6 is 0 Å². The number of benzene rings is 1. The van der Waals surface area contributed by atoms with E-state index in [-0.39, 0.29) is 12.4 Å². The summed E-state index contributed by atoms with van der Waals surface area (Å²) < 4.78 is 5.13. The molecule has 1 aromatic rings. The molecule has 1 unspecified atom stereocenters. The van der Waals surface area contributed by atoms with Crippen molar-refractivity contribution in [2.24, 2.45) is 5.92 Å². The Kier molecular flexibility index (Phi) is 6.77. The number of alkyl carbamates (subject to hydrolysis) is 1. The van der Waals surface area contributed by atoms with E-state index in [9.17, 15) is 9.59 Å². The molecule has 0 fully saturated rings. The summed E-state index contributed by atoms with van der Waals surface area (Å²) in [6.07, 6.45) is 0.505. The molecule has 4 heteroatoms. The topological polar surface area (TPSA) is 55.4 Å². The van der Waals surface area contributed by atoms with Crippen LogP contribution in [0.5, 0.6) is 0 Å². The van der Waals surface area contributed by atoms with Crippen LogP contribution < -0.4 is 5.32 Å². The first-order valence-corrected chi connectivity index (χ1v) is 7.02. The molecule has 1 aromatic carbocycles. The highest BCUT2D eigenvalue weighted by atomic mass is 16.5. The second-order valence-electron chi connectivity index (χ2n) is 5.21. The average Bonchev–Trinajstić information content (AvgIpc) is 2.44. The molecule has 1 rings (SSSR count). The predicted octanol–water partition coefficient (Wildman–Crippen LogP) is 3.31. The molecule has 1 atom stereocenters. The zero-order chi connectivity index (χ0) is 15.0. The van der Waals surface area contributed by atoms with Gasteiger partial charge in [-0.2, -0.15) is 0 Å². The summed E-state index contributed by atoms with van der Waals surface area (Å²) in [4.78, 5) is 23.5. The van der Waals surface area contributed by atoms with Gasteiger partial charge in [-0.25, -0.2) is 4.79 Å². The van der Waals surface area contributed by atoms with E-state index in [2.05, 4.69) is 5.32 Å². The third-order valence-corrected chi connectivity index (χ3v) is 2.95. The molecule has 0 heterocycles. The van der Waals surface area contributed by atoms with Crippen LogP contribution in [0.3, 0.4) is 0 Å². The highest BCUT2D eigenvalue weighted by molar-refractivity contribution is 5.87. The number of hydrogen-bond donors (Lipinski definition) is 1. The van der Waals surface area contributed by atoms with Gasteiger partial charge in [-0.1, -0.05) is 51.1 Å². The Bertz CT molecular complexity index is 429. The lowest BCUT2D eigenvalue weighted by Gasteiger charge is -2.18. The zero-order valence-electron chi connectivity index (χ0n) is 12.4. The molecule has 0 aliphatic carbocycles. The quantitative estimate of drug-likeness (QED) is 0.832. The van der Waals surface area contributed by atoms with Crippen LogP contribution in [0, 0.1) is 5.92 Å². The molecule has 1 N–H and O–H groups in total. The van der Waals surface area contributed by atoms with E-state index in [4.69, 9.17) is 4.74 Å². The molecule has 110 valence electrons. The third kappa shape index (κ3) is 5.87. The lowest BCUT2D eigenvalue weighted by Crippen LogP contribution is -2.41. The molecule has 0 bridgehead atoms. The molecule has 0 radical (unpaired) electrons. The summed E-state index contributed by atoms with van der Waals surface area (Å²) in [6.45, 7) is 6.05. The Balaban J connectivity index is 2.47. The van der Waals surface area contributed by atoms with Gasteiger partial charge in [-0.3, -0.25) is 4.79 Å². The maximum absolute atomic E-state index is 11.8. The number of amides is 1. The Labute approximate surface area is 120 Å². The number of carbonyl (C=O) groups excluding carboxylic acids is 2. The minimum Gasteiger partial charge on any atom is -0.445 e. The third-order valence-electron chi connectivity index (χ3n) is 2.95. The van der Waals surface area contributed by atoms with Crippen molar-refractivity contribution in [3.63, 3.8) is 0 Å². The highest BCUT2D eigenvalue weighted by Gasteiger charge is 2.20. The molecule has 1 amide bonds. The van der Waals surface area contributed by atoms with Gasteiger partial charge in [0.15, 0.2) is 5.78 Å². The summed E-state index contributed by atoms with van der Waals surface area (Å²) in [5, 5.41) is 2.66. The smallest absolute Gasteiger partial charge is 0.408 e. The van der Waals surface area contributed by atoms with Crippen molar-refractivity contribution in [3.05, 3.63) is 35.9 Å². The van der Waals surface area contributed by atoms with E-state index in [1.54, 1.807) is 6.92 Å². The Morgan fingerprint density at radius 3 is 2.40 bits per heavy atom. The van der Waals surface area contributed by atoms with Gasteiger partial charge in [-0.05, 0) is 17.9 Å². The molecule has 0 spiro atoms. The number of rotatable bonds is 7. The molecule has 0 aliphatic heterocycles. The molecule has 4 nitrogen and oxygen atoms in total. The van der Waals surface area contributed by atoms with Gasteiger partial charge in [0.05, 0.1) is 6.04 Å². The first kappa shape index (κ1) is 16.2. The van der Waals surface area contributed by atoms with Gasteiger partial charge in [0.1, 0.15) is 6.61 Å². The van der Waals surface area contributed by atoms with Gasteiger partial charge in [0, 0.05) is 6.42 Å². The first-order chi connectivity index (χ1) is 9.52. The van der Waals surface area contributed by atoms with Crippen LogP contribution in [0.1, 0.15) is 39.2 Å². The number of hydrogen-bond acceptors (Lipinski definition) is 3. The summed E-state index contributed by atoms with van der Waals surface area (Å²) in [7, 11) is 0. The van der Waals surface area contributed by atoms with Gasteiger partial charge < -0.3 is 10.1 Å². The Morgan fingerprint density at radius 2 is 1.85 bits per heavy atom. The lowest BCUT2D eigenvalue weighted by atomic mass is 9.99. The van der Waals surface area contributed by atoms with Crippen LogP contribution in [0.25, 0.3) is 0 Å². The van der Waals surface area contributed by atoms with E-state index >= 15 is 0 Å². The summed E-state index contributed by atoms with van der Waals surface area (Å²) >= 11 is 0. The molecular formula is C16H23NO3. The molecule has 20 heavy (non-hydrogen) atoms. The van der Waals surface area contributed by atoms with Crippen molar-refractivity contribution in [3.8, 4) is 0 Å². The maximum atomic E-state index is 11.8. The van der Waals surface area contributed by atoms with Crippen LogP contribution in [-0.4, -0.2) is 17.9 Å². The molecule has 0 saturated carbocycles. The van der Waals surface area contributed by atoms with E-state index < -0.39 is 12.1 Å². The lowest BCUT2D eigenvalue weighted by molar-refractivity contribution is -0.121. The fourth-order valence-corrected chi connectivity index (χ4v) is 1.90. The standard InChI is InChI=1S/C16H23NO3/c1-4-15(18)14(10-12(2)3)17-16(19)20-11-13-8-6-5-7-9-13/h5-9,12,14H,4,10-11H2,1-3H3,(H,17,19). The fourth-order valence-electron chi connectivity index (χ4n) is 1.90. The second-order valence-corrected chi connectivity index (χ2v) is 5.21. The molecule has 0 aromatic heterocycles. The van der Waals surface area contributed by atoms with Crippen molar-refractivity contribution in [1.82, 2.24) is 5.32 Å². The van der Waals surface area contributed by atoms with Crippen molar-refractivity contribution in [1.29, 1.82) is 0 Å². The van der Waals surface area contributed by atoms with Crippen LogP contribution in [-0.2, 0) is 16.1 Å². The molecule has 0 aliphatic rings. The minimum atomic E-state index is -0.540.